The van der Waals surface area contributed by atoms with Crippen molar-refractivity contribution in [3.63, 3.8) is 0 Å². The van der Waals surface area contributed by atoms with Gasteiger partial charge in [0.2, 0.25) is 0 Å². The molecule has 1 heterocycles. The molecule has 0 bridgehead atoms. The number of aromatic nitrogens is 2. The highest BCUT2D eigenvalue weighted by Gasteiger charge is 2.15. The average Bonchev–Trinajstić information content (AvgIpc) is 2.28. The van der Waals surface area contributed by atoms with Crippen LogP contribution in [0.5, 0.6) is 0 Å². The largest absolute Gasteiger partial charge is 0.352 e. The maximum absolute atomic E-state index is 11.1. The summed E-state index contributed by atoms with van der Waals surface area (Å²) in [4.78, 5) is 21.3. The van der Waals surface area contributed by atoms with Crippen LogP contribution in [-0.2, 0) is 0 Å². The van der Waals surface area contributed by atoms with Crippen LogP contribution in [0.2, 0.25) is 5.15 Å². The molecule has 1 aromatic heterocycles. The number of nitrogens with zero attached hydrogens (tertiary/aromatic N) is 3. The van der Waals surface area contributed by atoms with Gasteiger partial charge in [0.1, 0.15) is 16.8 Å². The fourth-order valence-corrected chi connectivity index (χ4v) is 1.84. The van der Waals surface area contributed by atoms with E-state index in [-0.39, 0.29) is 5.15 Å². The van der Waals surface area contributed by atoms with Gasteiger partial charge in [-0.15, -0.1) is 6.58 Å². The highest BCUT2D eigenvalue weighted by atomic mass is 35.5. The second-order valence-electron chi connectivity index (χ2n) is 3.65. The number of hydrogen-bond donors (Lipinski definition) is 0. The van der Waals surface area contributed by atoms with Crippen LogP contribution in [0.3, 0.4) is 0 Å². The summed E-state index contributed by atoms with van der Waals surface area (Å²) in [5, 5.41) is 0.202. The quantitative estimate of drug-likeness (QED) is 0.444. The highest BCUT2D eigenvalue weighted by Crippen LogP contribution is 2.22. The molecular formula is C12H16ClN3O. The standard InChI is InChI=1S/C12H16ClN3O/c1-4-6-16(7-5-2)12-10(8-17)11(13)14-9(3)15-12/h4,8H,1,5-7H2,2-3H3. The van der Waals surface area contributed by atoms with Gasteiger partial charge in [0.15, 0.2) is 6.29 Å². The first-order valence-electron chi connectivity index (χ1n) is 5.49. The van der Waals surface area contributed by atoms with Crippen molar-refractivity contribution in [1.82, 2.24) is 9.97 Å². The molecule has 5 heteroatoms. The van der Waals surface area contributed by atoms with Gasteiger partial charge in [-0.1, -0.05) is 24.6 Å². The predicted molar refractivity (Wildman–Crippen MR) is 69.9 cm³/mol. The molecule has 0 radical (unpaired) electrons. The van der Waals surface area contributed by atoms with Crippen molar-refractivity contribution in [2.24, 2.45) is 0 Å². The summed E-state index contributed by atoms with van der Waals surface area (Å²) >= 11 is 5.94. The van der Waals surface area contributed by atoms with Gasteiger partial charge in [0.05, 0.1) is 5.56 Å². The van der Waals surface area contributed by atoms with E-state index in [9.17, 15) is 4.79 Å². The third-order valence-corrected chi connectivity index (χ3v) is 2.54. The second kappa shape index (κ2) is 6.35. The molecule has 92 valence electrons. The third-order valence-electron chi connectivity index (χ3n) is 2.25. The Bertz CT molecular complexity index is 420. The Labute approximate surface area is 106 Å². The van der Waals surface area contributed by atoms with Crippen molar-refractivity contribution in [2.45, 2.75) is 20.3 Å². The molecule has 0 saturated carbocycles. The van der Waals surface area contributed by atoms with Gasteiger partial charge >= 0.3 is 0 Å². The molecule has 0 aliphatic heterocycles. The molecule has 1 rings (SSSR count). The second-order valence-corrected chi connectivity index (χ2v) is 4.01. The van der Waals surface area contributed by atoms with Crippen molar-refractivity contribution in [3.05, 3.63) is 29.2 Å². The summed E-state index contributed by atoms with van der Waals surface area (Å²) in [6.07, 6.45) is 3.42. The first kappa shape index (κ1) is 13.6. The number of anilines is 1. The van der Waals surface area contributed by atoms with Crippen LogP contribution in [-0.4, -0.2) is 29.3 Å². The fourth-order valence-electron chi connectivity index (χ4n) is 1.58. The van der Waals surface area contributed by atoms with Gasteiger partial charge in [0.25, 0.3) is 0 Å². The van der Waals surface area contributed by atoms with E-state index in [0.29, 0.717) is 30.0 Å². The minimum Gasteiger partial charge on any atom is -0.352 e. The molecule has 0 atom stereocenters. The van der Waals surface area contributed by atoms with Gasteiger partial charge in [-0.25, -0.2) is 9.97 Å². The lowest BCUT2D eigenvalue weighted by molar-refractivity contribution is 0.112. The fraction of sp³-hybridized carbons (Fsp3) is 0.417. The van der Waals surface area contributed by atoms with Crippen LogP contribution in [0.1, 0.15) is 29.5 Å². The Morgan fingerprint density at radius 2 is 2.18 bits per heavy atom. The number of hydrogen-bond acceptors (Lipinski definition) is 4. The summed E-state index contributed by atoms with van der Waals surface area (Å²) in [6.45, 7) is 8.93. The van der Waals surface area contributed by atoms with E-state index in [1.54, 1.807) is 13.0 Å². The lowest BCUT2D eigenvalue weighted by Gasteiger charge is -2.23. The van der Waals surface area contributed by atoms with E-state index in [2.05, 4.69) is 23.5 Å². The van der Waals surface area contributed by atoms with Crippen molar-refractivity contribution in [3.8, 4) is 0 Å². The molecule has 0 aromatic carbocycles. The normalized spacial score (nSPS) is 10.1. The monoisotopic (exact) mass is 253 g/mol. The predicted octanol–water partition coefficient (Wildman–Crippen LogP) is 2.65. The van der Waals surface area contributed by atoms with Crippen LogP contribution in [0.4, 0.5) is 5.82 Å². The van der Waals surface area contributed by atoms with Crippen LogP contribution in [0.25, 0.3) is 0 Å². The molecule has 0 amide bonds. The highest BCUT2D eigenvalue weighted by molar-refractivity contribution is 6.32. The maximum Gasteiger partial charge on any atom is 0.156 e. The Morgan fingerprint density at radius 3 is 2.71 bits per heavy atom. The molecule has 0 spiro atoms. The first-order chi connectivity index (χ1) is 8.13. The lowest BCUT2D eigenvalue weighted by atomic mass is 10.3. The molecular weight excluding hydrogens is 238 g/mol. The molecule has 17 heavy (non-hydrogen) atoms. The van der Waals surface area contributed by atoms with Crippen molar-refractivity contribution >= 4 is 23.7 Å². The van der Waals surface area contributed by atoms with Gasteiger partial charge in [-0.05, 0) is 13.3 Å². The van der Waals surface area contributed by atoms with E-state index in [1.807, 2.05) is 4.90 Å². The summed E-state index contributed by atoms with van der Waals surface area (Å²) in [7, 11) is 0. The Hall–Kier alpha value is -1.42. The Morgan fingerprint density at radius 1 is 1.47 bits per heavy atom. The molecule has 0 aliphatic rings. The number of aryl methyl sites for hydroxylation is 1. The smallest absolute Gasteiger partial charge is 0.156 e. The molecule has 0 aliphatic carbocycles. The van der Waals surface area contributed by atoms with Crippen LogP contribution < -0.4 is 4.90 Å². The van der Waals surface area contributed by atoms with Gasteiger partial charge in [0, 0.05) is 13.1 Å². The van der Waals surface area contributed by atoms with E-state index >= 15 is 0 Å². The number of carbonyl (C=O) groups excluding carboxylic acids is 1. The van der Waals surface area contributed by atoms with E-state index in [1.165, 1.54) is 0 Å². The van der Waals surface area contributed by atoms with E-state index in [4.69, 9.17) is 11.6 Å². The van der Waals surface area contributed by atoms with E-state index in [0.717, 1.165) is 13.0 Å². The van der Waals surface area contributed by atoms with E-state index < -0.39 is 0 Å². The maximum atomic E-state index is 11.1. The molecule has 4 nitrogen and oxygen atoms in total. The van der Waals surface area contributed by atoms with Crippen LogP contribution in [0, 0.1) is 6.92 Å². The molecule has 0 fully saturated rings. The first-order valence-corrected chi connectivity index (χ1v) is 5.87. The summed E-state index contributed by atoms with van der Waals surface area (Å²) in [5.41, 5.74) is 0.340. The van der Waals surface area contributed by atoms with Crippen molar-refractivity contribution in [1.29, 1.82) is 0 Å². The zero-order chi connectivity index (χ0) is 12.8. The number of rotatable bonds is 6. The molecule has 1 aromatic rings. The SMILES string of the molecule is C=CCN(CCC)c1nc(C)nc(Cl)c1C=O. The zero-order valence-electron chi connectivity index (χ0n) is 10.1. The topological polar surface area (TPSA) is 46.1 Å². The number of halogens is 1. The molecule has 0 saturated heterocycles. The Kier molecular flexibility index (Phi) is 5.10. The summed E-state index contributed by atoms with van der Waals surface area (Å²) < 4.78 is 0. The molecule has 0 unspecified atom stereocenters. The summed E-state index contributed by atoms with van der Waals surface area (Å²) in [6, 6.07) is 0. The van der Waals surface area contributed by atoms with Gasteiger partial charge in [-0.3, -0.25) is 4.79 Å². The van der Waals surface area contributed by atoms with Gasteiger partial charge < -0.3 is 4.90 Å². The third kappa shape index (κ3) is 3.27. The molecule has 0 N–H and O–H groups in total. The number of carbonyl (C=O) groups is 1. The minimum atomic E-state index is 0.202. The minimum absolute atomic E-state index is 0.202. The average molecular weight is 254 g/mol. The zero-order valence-corrected chi connectivity index (χ0v) is 10.9. The number of aldehydes is 1. The Balaban J connectivity index is 3.24. The van der Waals surface area contributed by atoms with Crippen LogP contribution >= 0.6 is 11.6 Å². The summed E-state index contributed by atoms with van der Waals surface area (Å²) in [5.74, 6) is 1.14. The van der Waals surface area contributed by atoms with Crippen LogP contribution in [0.15, 0.2) is 12.7 Å². The van der Waals surface area contributed by atoms with Crippen molar-refractivity contribution in [2.75, 3.05) is 18.0 Å². The van der Waals surface area contributed by atoms with Crippen molar-refractivity contribution < 1.29 is 4.79 Å². The lowest BCUT2D eigenvalue weighted by Crippen LogP contribution is -2.27. The van der Waals surface area contributed by atoms with Gasteiger partial charge in [-0.2, -0.15) is 0 Å².